The number of nitrogens with zero attached hydrogens (tertiary/aromatic N) is 3. The van der Waals surface area contributed by atoms with Gasteiger partial charge in [0, 0.05) is 39.3 Å². The number of piperazine rings is 1. The normalized spacial score (nSPS) is 19.8. The summed E-state index contributed by atoms with van der Waals surface area (Å²) in [5.41, 5.74) is 4.14. The lowest BCUT2D eigenvalue weighted by Gasteiger charge is -2.29. The standard InChI is InChI=1S/C14H20ClN5O/c15-13-12(19-9-5-16-6-10-19)4-3-11(17-13)14(21)18-20-7-1-2-8-20/h3-4,16H,1-2,5-10H2,(H,18,21). The summed E-state index contributed by atoms with van der Waals surface area (Å²) in [5.74, 6) is -0.189. The van der Waals surface area contributed by atoms with Gasteiger partial charge in [-0.1, -0.05) is 11.6 Å². The van der Waals surface area contributed by atoms with Gasteiger partial charge in [-0.3, -0.25) is 10.2 Å². The Labute approximate surface area is 129 Å². The molecule has 0 saturated carbocycles. The van der Waals surface area contributed by atoms with Gasteiger partial charge in [0.2, 0.25) is 0 Å². The van der Waals surface area contributed by atoms with Crippen molar-refractivity contribution in [1.29, 1.82) is 0 Å². The van der Waals surface area contributed by atoms with Crippen molar-refractivity contribution in [3.05, 3.63) is 23.0 Å². The van der Waals surface area contributed by atoms with Crippen LogP contribution in [0.2, 0.25) is 5.15 Å². The molecule has 0 bridgehead atoms. The molecule has 3 rings (SSSR count). The van der Waals surface area contributed by atoms with E-state index in [1.54, 1.807) is 6.07 Å². The number of rotatable bonds is 3. The van der Waals surface area contributed by atoms with E-state index in [-0.39, 0.29) is 5.91 Å². The second kappa shape index (κ2) is 6.60. The lowest BCUT2D eigenvalue weighted by Crippen LogP contribution is -2.43. The van der Waals surface area contributed by atoms with E-state index in [4.69, 9.17) is 11.6 Å². The minimum Gasteiger partial charge on any atom is -0.366 e. The molecule has 2 saturated heterocycles. The fraction of sp³-hybridized carbons (Fsp3) is 0.571. The van der Waals surface area contributed by atoms with Crippen LogP contribution in [0.5, 0.6) is 0 Å². The second-order valence-corrected chi connectivity index (χ2v) is 5.74. The summed E-state index contributed by atoms with van der Waals surface area (Å²) < 4.78 is 0. The van der Waals surface area contributed by atoms with E-state index >= 15 is 0 Å². The highest BCUT2D eigenvalue weighted by Gasteiger charge is 2.19. The van der Waals surface area contributed by atoms with E-state index < -0.39 is 0 Å². The molecule has 2 fully saturated rings. The fourth-order valence-corrected chi connectivity index (χ4v) is 3.00. The molecular weight excluding hydrogens is 290 g/mol. The molecule has 0 aromatic carbocycles. The number of aromatic nitrogens is 1. The topological polar surface area (TPSA) is 60.5 Å². The third-order valence-corrected chi connectivity index (χ3v) is 4.16. The van der Waals surface area contributed by atoms with Crippen LogP contribution in [-0.4, -0.2) is 55.2 Å². The van der Waals surface area contributed by atoms with Crippen molar-refractivity contribution in [2.45, 2.75) is 12.8 Å². The number of hydrazine groups is 1. The maximum absolute atomic E-state index is 12.1. The van der Waals surface area contributed by atoms with Crippen LogP contribution < -0.4 is 15.6 Å². The van der Waals surface area contributed by atoms with Crippen molar-refractivity contribution in [3.63, 3.8) is 0 Å². The summed E-state index contributed by atoms with van der Waals surface area (Å²) in [4.78, 5) is 18.6. The molecule has 2 aliphatic heterocycles. The maximum Gasteiger partial charge on any atom is 0.284 e. The van der Waals surface area contributed by atoms with Crippen molar-refractivity contribution in [2.75, 3.05) is 44.2 Å². The Morgan fingerprint density at radius 1 is 1.19 bits per heavy atom. The highest BCUT2D eigenvalue weighted by molar-refractivity contribution is 6.32. The average Bonchev–Trinajstić information content (AvgIpc) is 3.01. The largest absolute Gasteiger partial charge is 0.366 e. The van der Waals surface area contributed by atoms with Gasteiger partial charge >= 0.3 is 0 Å². The van der Waals surface area contributed by atoms with Crippen molar-refractivity contribution in [3.8, 4) is 0 Å². The second-order valence-electron chi connectivity index (χ2n) is 5.38. The van der Waals surface area contributed by atoms with Gasteiger partial charge in [0.1, 0.15) is 5.69 Å². The zero-order valence-corrected chi connectivity index (χ0v) is 12.7. The molecule has 0 atom stereocenters. The third-order valence-electron chi connectivity index (χ3n) is 3.89. The van der Waals surface area contributed by atoms with Crippen LogP contribution in [0.1, 0.15) is 23.3 Å². The molecule has 114 valence electrons. The number of pyridine rings is 1. The van der Waals surface area contributed by atoms with E-state index in [0.717, 1.165) is 57.8 Å². The number of amides is 1. The van der Waals surface area contributed by atoms with E-state index in [2.05, 4.69) is 20.6 Å². The van der Waals surface area contributed by atoms with Gasteiger partial charge in [-0.05, 0) is 25.0 Å². The Morgan fingerprint density at radius 3 is 2.57 bits per heavy atom. The molecule has 3 heterocycles. The van der Waals surface area contributed by atoms with Gasteiger partial charge < -0.3 is 10.2 Å². The molecule has 0 radical (unpaired) electrons. The Morgan fingerprint density at radius 2 is 1.90 bits per heavy atom. The van der Waals surface area contributed by atoms with Crippen molar-refractivity contribution >= 4 is 23.2 Å². The molecule has 2 aliphatic rings. The molecule has 7 heteroatoms. The van der Waals surface area contributed by atoms with Gasteiger partial charge in [-0.15, -0.1) is 0 Å². The quantitative estimate of drug-likeness (QED) is 0.812. The Hall–Kier alpha value is -1.37. The van der Waals surface area contributed by atoms with Crippen molar-refractivity contribution in [1.82, 2.24) is 20.7 Å². The Kier molecular flexibility index (Phi) is 4.57. The summed E-state index contributed by atoms with van der Waals surface area (Å²) in [6.45, 7) is 5.49. The van der Waals surface area contributed by atoms with Crippen LogP contribution in [-0.2, 0) is 0 Å². The predicted molar refractivity (Wildman–Crippen MR) is 82.6 cm³/mol. The first-order chi connectivity index (χ1) is 10.2. The summed E-state index contributed by atoms with van der Waals surface area (Å²) in [6.07, 6.45) is 2.24. The molecule has 6 nitrogen and oxygen atoms in total. The first-order valence-electron chi connectivity index (χ1n) is 7.42. The summed E-state index contributed by atoms with van der Waals surface area (Å²) >= 11 is 6.26. The van der Waals surface area contributed by atoms with Crippen LogP contribution in [0.4, 0.5) is 5.69 Å². The lowest BCUT2D eigenvalue weighted by molar-refractivity contribution is 0.0820. The van der Waals surface area contributed by atoms with Gasteiger partial charge in [-0.2, -0.15) is 0 Å². The molecule has 0 aliphatic carbocycles. The molecule has 0 unspecified atom stereocenters. The zero-order valence-electron chi connectivity index (χ0n) is 11.9. The minimum atomic E-state index is -0.189. The van der Waals surface area contributed by atoms with Crippen LogP contribution in [0.15, 0.2) is 12.1 Å². The number of carbonyl (C=O) groups excluding carboxylic acids is 1. The molecule has 1 amide bonds. The number of hydrogen-bond acceptors (Lipinski definition) is 5. The molecule has 21 heavy (non-hydrogen) atoms. The van der Waals surface area contributed by atoms with E-state index in [0.29, 0.717) is 10.8 Å². The van der Waals surface area contributed by atoms with Crippen molar-refractivity contribution in [2.24, 2.45) is 0 Å². The van der Waals surface area contributed by atoms with Gasteiger partial charge in [0.15, 0.2) is 5.15 Å². The Bertz CT molecular complexity index is 512. The summed E-state index contributed by atoms with van der Waals surface area (Å²) in [5, 5.41) is 5.63. The average molecular weight is 310 g/mol. The number of carbonyl (C=O) groups is 1. The summed E-state index contributed by atoms with van der Waals surface area (Å²) in [6, 6.07) is 3.63. The number of halogens is 1. The van der Waals surface area contributed by atoms with E-state index in [1.165, 1.54) is 0 Å². The molecule has 1 aromatic heterocycles. The molecule has 2 N–H and O–H groups in total. The lowest BCUT2D eigenvalue weighted by atomic mass is 10.2. The highest BCUT2D eigenvalue weighted by Crippen LogP contribution is 2.24. The number of anilines is 1. The SMILES string of the molecule is O=C(NN1CCCC1)c1ccc(N2CCNCC2)c(Cl)n1. The third kappa shape index (κ3) is 3.45. The number of hydrogen-bond donors (Lipinski definition) is 2. The molecule has 1 aromatic rings. The molecule has 0 spiro atoms. The highest BCUT2D eigenvalue weighted by atomic mass is 35.5. The molecular formula is C14H20ClN5O. The maximum atomic E-state index is 12.1. The van der Waals surface area contributed by atoms with Crippen LogP contribution in [0.3, 0.4) is 0 Å². The van der Waals surface area contributed by atoms with Gasteiger partial charge in [-0.25, -0.2) is 9.99 Å². The summed E-state index contributed by atoms with van der Waals surface area (Å²) in [7, 11) is 0. The Balaban J connectivity index is 1.69. The van der Waals surface area contributed by atoms with Gasteiger partial charge in [0.25, 0.3) is 5.91 Å². The van der Waals surface area contributed by atoms with E-state index in [1.807, 2.05) is 11.1 Å². The first-order valence-corrected chi connectivity index (χ1v) is 7.80. The fourth-order valence-electron chi connectivity index (χ4n) is 2.72. The smallest absolute Gasteiger partial charge is 0.284 e. The number of nitrogens with one attached hydrogen (secondary N) is 2. The van der Waals surface area contributed by atoms with Crippen LogP contribution in [0.25, 0.3) is 0 Å². The van der Waals surface area contributed by atoms with Crippen molar-refractivity contribution < 1.29 is 4.79 Å². The van der Waals surface area contributed by atoms with Crippen LogP contribution >= 0.6 is 11.6 Å². The predicted octanol–water partition coefficient (Wildman–Crippen LogP) is 0.885. The van der Waals surface area contributed by atoms with Gasteiger partial charge in [0.05, 0.1) is 5.69 Å². The van der Waals surface area contributed by atoms with Crippen LogP contribution in [0, 0.1) is 0 Å². The minimum absolute atomic E-state index is 0.189. The monoisotopic (exact) mass is 309 g/mol. The zero-order chi connectivity index (χ0) is 14.7. The first kappa shape index (κ1) is 14.6. The van der Waals surface area contributed by atoms with E-state index in [9.17, 15) is 4.79 Å².